The Hall–Kier alpha value is -0.980. The van der Waals surface area contributed by atoms with Gasteiger partial charge in [0.25, 0.3) is 0 Å². The monoisotopic (exact) mass is 272 g/mol. The summed E-state index contributed by atoms with van der Waals surface area (Å²) >= 11 is 0. The fraction of sp³-hybridized carbons (Fsp3) is 0.500. The first-order chi connectivity index (χ1) is 8.59. The smallest absolute Gasteiger partial charge is 0.243 e. The Morgan fingerprint density at radius 1 is 1.33 bits per heavy atom. The normalized spacial score (nSPS) is 20.8. The predicted octanol–water partition coefficient (Wildman–Crippen LogP) is 1.25. The summed E-state index contributed by atoms with van der Waals surface area (Å²) in [6.45, 7) is 1.21. The number of halogens is 1. The van der Waals surface area contributed by atoms with E-state index in [1.54, 1.807) is 0 Å². The Balaban J connectivity index is 2.01. The van der Waals surface area contributed by atoms with E-state index in [0.29, 0.717) is 6.54 Å². The molecule has 1 aromatic carbocycles. The van der Waals surface area contributed by atoms with Gasteiger partial charge in [0, 0.05) is 12.6 Å². The Kier molecular flexibility index (Phi) is 4.31. The minimum absolute atomic E-state index is 0.139. The van der Waals surface area contributed by atoms with Gasteiger partial charge in [0.05, 0.1) is 0 Å². The van der Waals surface area contributed by atoms with Crippen LogP contribution < -0.4 is 10.0 Å². The van der Waals surface area contributed by atoms with Gasteiger partial charge in [-0.3, -0.25) is 0 Å². The molecule has 100 valence electrons. The van der Waals surface area contributed by atoms with Crippen LogP contribution in [0.25, 0.3) is 0 Å². The molecule has 1 aromatic rings. The molecular formula is C12H17FN2O2S. The maximum absolute atomic E-state index is 13.4. The van der Waals surface area contributed by atoms with Crippen molar-refractivity contribution >= 4 is 10.0 Å². The number of nitrogens with one attached hydrogen (secondary N) is 2. The van der Waals surface area contributed by atoms with Gasteiger partial charge in [-0.15, -0.1) is 0 Å². The highest BCUT2D eigenvalue weighted by Gasteiger charge is 2.20. The van der Waals surface area contributed by atoms with Crippen LogP contribution in [0.2, 0.25) is 0 Å². The number of hydrogen-bond donors (Lipinski definition) is 2. The number of benzene rings is 1. The molecule has 1 fully saturated rings. The van der Waals surface area contributed by atoms with Gasteiger partial charge in [-0.25, -0.2) is 17.5 Å². The zero-order valence-corrected chi connectivity index (χ0v) is 10.8. The van der Waals surface area contributed by atoms with Crippen LogP contribution in [0.4, 0.5) is 4.39 Å². The quantitative estimate of drug-likeness (QED) is 0.867. The van der Waals surface area contributed by atoms with Gasteiger partial charge in [0.15, 0.2) is 0 Å². The Morgan fingerprint density at radius 3 is 2.78 bits per heavy atom. The molecule has 6 heteroatoms. The molecule has 0 amide bonds. The predicted molar refractivity (Wildman–Crippen MR) is 67.2 cm³/mol. The van der Waals surface area contributed by atoms with Crippen molar-refractivity contribution in [1.29, 1.82) is 0 Å². The van der Waals surface area contributed by atoms with Gasteiger partial charge in [0.2, 0.25) is 10.0 Å². The summed E-state index contributed by atoms with van der Waals surface area (Å²) in [6.07, 6.45) is 3.16. The topological polar surface area (TPSA) is 58.2 Å². The van der Waals surface area contributed by atoms with Gasteiger partial charge in [-0.05, 0) is 31.5 Å². The second-order valence-electron chi connectivity index (χ2n) is 4.43. The van der Waals surface area contributed by atoms with E-state index in [-0.39, 0.29) is 10.9 Å². The summed E-state index contributed by atoms with van der Waals surface area (Å²) in [5.74, 6) is -0.721. The summed E-state index contributed by atoms with van der Waals surface area (Å²) in [6, 6.07) is 5.53. The third-order valence-corrected chi connectivity index (χ3v) is 4.52. The molecule has 1 heterocycles. The molecule has 0 aliphatic carbocycles. The maximum atomic E-state index is 13.4. The fourth-order valence-corrected chi connectivity index (χ4v) is 3.21. The third kappa shape index (κ3) is 3.28. The van der Waals surface area contributed by atoms with E-state index in [4.69, 9.17) is 0 Å². The first-order valence-electron chi connectivity index (χ1n) is 6.07. The van der Waals surface area contributed by atoms with Crippen molar-refractivity contribution in [3.63, 3.8) is 0 Å². The number of hydrogen-bond acceptors (Lipinski definition) is 3. The second-order valence-corrected chi connectivity index (χ2v) is 6.16. The van der Waals surface area contributed by atoms with Crippen LogP contribution in [0.3, 0.4) is 0 Å². The summed E-state index contributed by atoms with van der Waals surface area (Å²) in [4.78, 5) is -0.291. The van der Waals surface area contributed by atoms with Crippen molar-refractivity contribution in [2.45, 2.75) is 30.2 Å². The minimum atomic E-state index is -3.76. The largest absolute Gasteiger partial charge is 0.313 e. The number of rotatable bonds is 4. The van der Waals surface area contributed by atoms with Crippen molar-refractivity contribution < 1.29 is 12.8 Å². The Bertz CT molecular complexity index is 499. The Morgan fingerprint density at radius 2 is 2.11 bits per heavy atom. The molecule has 2 rings (SSSR count). The molecule has 1 aliphatic rings. The second kappa shape index (κ2) is 5.77. The van der Waals surface area contributed by atoms with Crippen LogP contribution in [0.15, 0.2) is 29.2 Å². The van der Waals surface area contributed by atoms with Crippen LogP contribution in [-0.4, -0.2) is 27.5 Å². The molecule has 0 aromatic heterocycles. The van der Waals surface area contributed by atoms with Crippen molar-refractivity contribution in [2.75, 3.05) is 13.1 Å². The van der Waals surface area contributed by atoms with Crippen molar-refractivity contribution in [3.05, 3.63) is 30.1 Å². The van der Waals surface area contributed by atoms with Gasteiger partial charge in [-0.1, -0.05) is 18.6 Å². The average Bonchev–Trinajstić information content (AvgIpc) is 2.38. The van der Waals surface area contributed by atoms with Crippen LogP contribution in [0.1, 0.15) is 19.3 Å². The van der Waals surface area contributed by atoms with Crippen LogP contribution >= 0.6 is 0 Å². The lowest BCUT2D eigenvalue weighted by Crippen LogP contribution is -2.43. The molecule has 2 N–H and O–H groups in total. The van der Waals surface area contributed by atoms with E-state index in [1.165, 1.54) is 18.2 Å². The molecule has 1 saturated heterocycles. The van der Waals surface area contributed by atoms with E-state index in [2.05, 4.69) is 10.0 Å². The van der Waals surface area contributed by atoms with Gasteiger partial charge >= 0.3 is 0 Å². The van der Waals surface area contributed by atoms with Gasteiger partial charge in [0.1, 0.15) is 10.7 Å². The lowest BCUT2D eigenvalue weighted by atomic mass is 10.1. The highest BCUT2D eigenvalue weighted by atomic mass is 32.2. The highest BCUT2D eigenvalue weighted by Crippen LogP contribution is 2.13. The standard InChI is InChI=1S/C12H17FN2O2S/c13-11-6-1-2-7-12(11)18(16,17)15-9-10-5-3-4-8-14-10/h1-2,6-7,10,14-15H,3-5,8-9H2. The first-order valence-corrected chi connectivity index (χ1v) is 7.55. The van der Waals surface area contributed by atoms with E-state index >= 15 is 0 Å². The molecule has 0 saturated carbocycles. The summed E-state index contributed by atoms with van der Waals surface area (Å²) in [7, 11) is -3.76. The third-order valence-electron chi connectivity index (χ3n) is 3.06. The molecule has 0 bridgehead atoms. The molecule has 0 spiro atoms. The Labute approximate surface area is 107 Å². The molecule has 18 heavy (non-hydrogen) atoms. The van der Waals surface area contributed by atoms with E-state index in [0.717, 1.165) is 31.9 Å². The number of sulfonamides is 1. The lowest BCUT2D eigenvalue weighted by molar-refractivity contribution is 0.398. The van der Waals surface area contributed by atoms with Crippen molar-refractivity contribution in [1.82, 2.24) is 10.0 Å². The minimum Gasteiger partial charge on any atom is -0.313 e. The van der Waals surface area contributed by atoms with Gasteiger partial charge < -0.3 is 5.32 Å². The SMILES string of the molecule is O=S(=O)(NCC1CCCCN1)c1ccccc1F. The number of piperidine rings is 1. The van der Waals surface area contributed by atoms with Crippen LogP contribution in [0.5, 0.6) is 0 Å². The molecule has 4 nitrogen and oxygen atoms in total. The van der Waals surface area contributed by atoms with Crippen LogP contribution in [-0.2, 0) is 10.0 Å². The zero-order chi connectivity index (χ0) is 13.0. The van der Waals surface area contributed by atoms with Crippen LogP contribution in [0, 0.1) is 5.82 Å². The van der Waals surface area contributed by atoms with Crippen molar-refractivity contribution in [2.24, 2.45) is 0 Å². The summed E-state index contributed by atoms with van der Waals surface area (Å²) < 4.78 is 39.7. The zero-order valence-electron chi connectivity index (χ0n) is 10.0. The molecular weight excluding hydrogens is 255 g/mol. The van der Waals surface area contributed by atoms with Gasteiger partial charge in [-0.2, -0.15) is 0 Å². The molecule has 0 radical (unpaired) electrons. The summed E-state index contributed by atoms with van der Waals surface area (Å²) in [5.41, 5.74) is 0. The average molecular weight is 272 g/mol. The van der Waals surface area contributed by atoms with E-state index < -0.39 is 15.8 Å². The molecule has 1 atom stereocenters. The molecule has 1 aliphatic heterocycles. The summed E-state index contributed by atoms with van der Waals surface area (Å²) in [5, 5.41) is 3.24. The maximum Gasteiger partial charge on any atom is 0.243 e. The first kappa shape index (κ1) is 13.5. The van der Waals surface area contributed by atoms with E-state index in [9.17, 15) is 12.8 Å². The fourth-order valence-electron chi connectivity index (χ4n) is 2.05. The van der Waals surface area contributed by atoms with E-state index in [1.807, 2.05) is 0 Å². The lowest BCUT2D eigenvalue weighted by Gasteiger charge is -2.23. The van der Waals surface area contributed by atoms with Crippen molar-refractivity contribution in [3.8, 4) is 0 Å². The molecule has 1 unspecified atom stereocenters. The highest BCUT2D eigenvalue weighted by molar-refractivity contribution is 7.89.